The molecule has 0 N–H and O–H groups in total. The maximum atomic E-state index is 14.4. The summed E-state index contributed by atoms with van der Waals surface area (Å²) in [5, 5.41) is 0. The largest absolute Gasteiger partial charge is 0.444 e. The third kappa shape index (κ3) is 4.87. The SMILES string of the molecule is CN(C(=O)OCc1cc(-c2cccnc2F)n(S(=O)(=O)c2cccc(F)c2F)c1)C(C)(C)C. The maximum Gasteiger partial charge on any atom is 0.410 e. The van der Waals surface area contributed by atoms with Gasteiger partial charge in [-0.15, -0.1) is 0 Å². The van der Waals surface area contributed by atoms with Gasteiger partial charge in [0.25, 0.3) is 10.0 Å². The second-order valence-electron chi connectivity index (χ2n) is 8.21. The van der Waals surface area contributed by atoms with Gasteiger partial charge in [0.05, 0.1) is 11.3 Å². The molecular formula is C22H22F3N3O4S. The summed E-state index contributed by atoms with van der Waals surface area (Å²) < 4.78 is 74.7. The Morgan fingerprint density at radius 1 is 1.15 bits per heavy atom. The van der Waals surface area contributed by atoms with Crippen molar-refractivity contribution in [3.8, 4) is 11.3 Å². The highest BCUT2D eigenvalue weighted by Crippen LogP contribution is 2.30. The number of amides is 1. The molecule has 0 aliphatic carbocycles. The zero-order valence-electron chi connectivity index (χ0n) is 18.3. The molecule has 33 heavy (non-hydrogen) atoms. The number of ether oxygens (including phenoxy) is 1. The van der Waals surface area contributed by atoms with Gasteiger partial charge in [0.2, 0.25) is 5.95 Å². The molecule has 0 saturated carbocycles. The summed E-state index contributed by atoms with van der Waals surface area (Å²) >= 11 is 0. The van der Waals surface area contributed by atoms with E-state index in [0.717, 1.165) is 24.4 Å². The number of benzene rings is 1. The Morgan fingerprint density at radius 2 is 1.85 bits per heavy atom. The zero-order chi connectivity index (χ0) is 24.6. The fourth-order valence-corrected chi connectivity index (χ4v) is 4.32. The monoisotopic (exact) mass is 481 g/mol. The van der Waals surface area contributed by atoms with Crippen LogP contribution in [0.4, 0.5) is 18.0 Å². The van der Waals surface area contributed by atoms with E-state index in [1.807, 2.05) is 0 Å². The van der Waals surface area contributed by atoms with Crippen LogP contribution in [0.2, 0.25) is 0 Å². The van der Waals surface area contributed by atoms with Gasteiger partial charge < -0.3 is 9.64 Å². The van der Waals surface area contributed by atoms with Gasteiger partial charge in [-0.05, 0) is 51.1 Å². The summed E-state index contributed by atoms with van der Waals surface area (Å²) in [6, 6.07) is 6.68. The molecule has 3 aromatic rings. The summed E-state index contributed by atoms with van der Waals surface area (Å²) in [5.74, 6) is -3.89. The maximum absolute atomic E-state index is 14.4. The number of pyridine rings is 1. The van der Waals surface area contributed by atoms with Gasteiger partial charge >= 0.3 is 6.09 Å². The van der Waals surface area contributed by atoms with Crippen LogP contribution in [0.1, 0.15) is 26.3 Å². The topological polar surface area (TPSA) is 81.5 Å². The third-order valence-corrected chi connectivity index (χ3v) is 6.66. The molecule has 0 aliphatic heterocycles. The second kappa shape index (κ2) is 8.89. The van der Waals surface area contributed by atoms with Crippen molar-refractivity contribution >= 4 is 16.1 Å². The lowest BCUT2D eigenvalue weighted by Gasteiger charge is -2.30. The van der Waals surface area contributed by atoms with Crippen LogP contribution in [0, 0.1) is 17.6 Å². The van der Waals surface area contributed by atoms with E-state index in [0.29, 0.717) is 3.97 Å². The summed E-state index contributed by atoms with van der Waals surface area (Å²) in [7, 11) is -3.15. The van der Waals surface area contributed by atoms with Gasteiger partial charge in [0.15, 0.2) is 11.6 Å². The van der Waals surface area contributed by atoms with E-state index in [4.69, 9.17) is 4.74 Å². The van der Waals surface area contributed by atoms with Crippen molar-refractivity contribution in [1.82, 2.24) is 13.9 Å². The van der Waals surface area contributed by atoms with Gasteiger partial charge in [-0.1, -0.05) is 6.07 Å². The van der Waals surface area contributed by atoms with Gasteiger partial charge in [-0.2, -0.15) is 4.39 Å². The van der Waals surface area contributed by atoms with E-state index in [1.54, 1.807) is 27.8 Å². The van der Waals surface area contributed by atoms with E-state index in [9.17, 15) is 26.4 Å². The van der Waals surface area contributed by atoms with Crippen molar-refractivity contribution < 1.29 is 31.1 Å². The van der Waals surface area contributed by atoms with E-state index in [1.165, 1.54) is 29.3 Å². The Balaban J connectivity index is 2.08. The highest BCUT2D eigenvalue weighted by atomic mass is 32.2. The molecule has 1 aromatic carbocycles. The minimum atomic E-state index is -4.69. The molecule has 0 saturated heterocycles. The molecule has 0 unspecified atom stereocenters. The molecule has 7 nitrogen and oxygen atoms in total. The number of halogens is 3. The predicted molar refractivity (Wildman–Crippen MR) is 114 cm³/mol. The Bertz CT molecular complexity index is 1300. The van der Waals surface area contributed by atoms with E-state index < -0.39 is 44.1 Å². The van der Waals surface area contributed by atoms with Crippen LogP contribution in [0.5, 0.6) is 0 Å². The lowest BCUT2D eigenvalue weighted by atomic mass is 10.1. The number of rotatable bonds is 5. The average molecular weight is 481 g/mol. The van der Waals surface area contributed by atoms with Gasteiger partial charge in [0, 0.05) is 30.5 Å². The fraction of sp³-hybridized carbons (Fsp3) is 0.273. The van der Waals surface area contributed by atoms with E-state index >= 15 is 0 Å². The van der Waals surface area contributed by atoms with Crippen molar-refractivity contribution in [2.75, 3.05) is 7.05 Å². The lowest BCUT2D eigenvalue weighted by Crippen LogP contribution is -2.42. The minimum Gasteiger partial charge on any atom is -0.444 e. The van der Waals surface area contributed by atoms with E-state index in [-0.39, 0.29) is 23.4 Å². The Kier molecular flexibility index (Phi) is 6.55. The molecular weight excluding hydrogens is 459 g/mol. The van der Waals surface area contributed by atoms with Crippen molar-refractivity contribution in [3.63, 3.8) is 0 Å². The van der Waals surface area contributed by atoms with Crippen molar-refractivity contribution in [2.45, 2.75) is 37.8 Å². The van der Waals surface area contributed by atoms with Crippen LogP contribution >= 0.6 is 0 Å². The lowest BCUT2D eigenvalue weighted by molar-refractivity contribution is 0.0759. The summed E-state index contributed by atoms with van der Waals surface area (Å²) in [6.07, 6.45) is 1.58. The highest BCUT2D eigenvalue weighted by Gasteiger charge is 2.28. The standard InChI is InChI=1S/C22H22F3N3O4S/c1-22(2,3)27(4)21(29)32-13-14-11-17(15-7-6-10-26-20(15)25)28(12-14)33(30,31)18-9-5-8-16(23)19(18)24/h5-12H,13H2,1-4H3. The van der Waals surface area contributed by atoms with Crippen LogP contribution in [0.3, 0.4) is 0 Å². The molecule has 176 valence electrons. The van der Waals surface area contributed by atoms with Crippen LogP contribution in [-0.4, -0.2) is 41.0 Å². The molecule has 2 aromatic heterocycles. The first-order valence-electron chi connectivity index (χ1n) is 9.76. The van der Waals surface area contributed by atoms with Gasteiger partial charge in [-0.25, -0.2) is 30.9 Å². The van der Waals surface area contributed by atoms with Crippen LogP contribution < -0.4 is 0 Å². The predicted octanol–water partition coefficient (Wildman–Crippen LogP) is 4.57. The molecule has 11 heteroatoms. The molecule has 0 bridgehead atoms. The van der Waals surface area contributed by atoms with Crippen molar-refractivity contribution in [1.29, 1.82) is 0 Å². The highest BCUT2D eigenvalue weighted by molar-refractivity contribution is 7.90. The number of hydrogen-bond donors (Lipinski definition) is 0. The number of carbonyl (C=O) groups excluding carboxylic acids is 1. The summed E-state index contributed by atoms with van der Waals surface area (Å²) in [4.78, 5) is 16.2. The average Bonchev–Trinajstić information content (AvgIpc) is 3.18. The Hall–Kier alpha value is -3.34. The first kappa shape index (κ1) is 24.3. The molecule has 0 atom stereocenters. The molecule has 0 spiro atoms. The smallest absolute Gasteiger partial charge is 0.410 e. The third-order valence-electron chi connectivity index (χ3n) is 4.97. The normalized spacial score (nSPS) is 12.0. The van der Waals surface area contributed by atoms with E-state index in [2.05, 4.69) is 4.98 Å². The first-order valence-corrected chi connectivity index (χ1v) is 11.2. The molecule has 0 fully saturated rings. The van der Waals surface area contributed by atoms with Crippen LogP contribution in [0.15, 0.2) is 53.7 Å². The number of carbonyl (C=O) groups is 1. The Labute approximate surface area is 189 Å². The van der Waals surface area contributed by atoms with Crippen LogP contribution in [-0.2, 0) is 21.4 Å². The minimum absolute atomic E-state index is 0.185. The quantitative estimate of drug-likeness (QED) is 0.499. The summed E-state index contributed by atoms with van der Waals surface area (Å²) in [5.41, 5.74) is -0.725. The number of hydrogen-bond acceptors (Lipinski definition) is 5. The van der Waals surface area contributed by atoms with Crippen molar-refractivity contribution in [3.05, 3.63) is 71.9 Å². The molecule has 0 aliphatic rings. The fourth-order valence-electron chi connectivity index (χ4n) is 2.85. The van der Waals surface area contributed by atoms with Crippen LogP contribution in [0.25, 0.3) is 11.3 Å². The first-order chi connectivity index (χ1) is 15.3. The Morgan fingerprint density at radius 3 is 2.48 bits per heavy atom. The number of nitrogens with zero attached hydrogens (tertiary/aromatic N) is 3. The molecule has 2 heterocycles. The summed E-state index contributed by atoms with van der Waals surface area (Å²) in [6.45, 7) is 5.05. The number of aromatic nitrogens is 2. The van der Waals surface area contributed by atoms with Gasteiger partial charge in [-0.3, -0.25) is 0 Å². The van der Waals surface area contributed by atoms with Crippen molar-refractivity contribution in [2.24, 2.45) is 0 Å². The second-order valence-corrected chi connectivity index (χ2v) is 10.00. The molecule has 0 radical (unpaired) electrons. The molecule has 1 amide bonds. The zero-order valence-corrected chi connectivity index (χ0v) is 19.2. The van der Waals surface area contributed by atoms with Gasteiger partial charge in [0.1, 0.15) is 11.5 Å². The molecule has 3 rings (SSSR count).